The van der Waals surface area contributed by atoms with Crippen molar-refractivity contribution in [2.45, 2.75) is 24.7 Å². The maximum atomic E-state index is 13.6. The maximum absolute atomic E-state index is 13.6. The van der Waals surface area contributed by atoms with Gasteiger partial charge >= 0.3 is 0 Å². The Morgan fingerprint density at radius 2 is 1.90 bits per heavy atom. The first kappa shape index (κ1) is 15.3. The van der Waals surface area contributed by atoms with Crippen LogP contribution >= 0.6 is 0 Å². The second kappa shape index (κ2) is 5.72. The Labute approximate surface area is 121 Å². The Morgan fingerprint density at radius 3 is 2.52 bits per heavy atom. The van der Waals surface area contributed by atoms with E-state index >= 15 is 0 Å². The van der Waals surface area contributed by atoms with Crippen LogP contribution in [0.4, 0.5) is 14.6 Å². The van der Waals surface area contributed by atoms with Crippen molar-refractivity contribution in [2.75, 3.05) is 4.72 Å². The van der Waals surface area contributed by atoms with Gasteiger partial charge < -0.3 is 0 Å². The van der Waals surface area contributed by atoms with Gasteiger partial charge in [-0.1, -0.05) is 13.8 Å². The van der Waals surface area contributed by atoms with Crippen molar-refractivity contribution in [3.05, 3.63) is 47.9 Å². The molecule has 21 heavy (non-hydrogen) atoms. The van der Waals surface area contributed by atoms with Crippen LogP contribution in [0.25, 0.3) is 0 Å². The molecule has 0 bridgehead atoms. The van der Waals surface area contributed by atoms with Crippen LogP contribution in [-0.4, -0.2) is 18.4 Å². The molecule has 0 unspecified atom stereocenters. The average Bonchev–Trinajstić information content (AvgIpc) is 2.37. The van der Waals surface area contributed by atoms with Crippen molar-refractivity contribution in [3.8, 4) is 0 Å². The first-order valence-electron chi connectivity index (χ1n) is 6.10. The molecule has 0 atom stereocenters. The van der Waals surface area contributed by atoms with Gasteiger partial charge in [0, 0.05) is 18.2 Å². The highest BCUT2D eigenvalue weighted by molar-refractivity contribution is 7.92. The molecule has 1 N–H and O–H groups in total. The number of nitrogens with zero attached hydrogens (tertiary/aromatic N) is 2. The standard InChI is InChI=1S/C13H13F2N3O2S/c1-8(2)13-16-6-5-12(17-13)18-21(19,20)11-4-3-9(14)7-10(11)15/h3-8H,1-2H3,(H,16,17,18). The summed E-state index contributed by atoms with van der Waals surface area (Å²) in [5.74, 6) is -1.53. The van der Waals surface area contributed by atoms with Crippen LogP contribution in [0.3, 0.4) is 0 Å². The zero-order valence-corrected chi connectivity index (χ0v) is 12.2. The van der Waals surface area contributed by atoms with Crippen molar-refractivity contribution in [1.82, 2.24) is 9.97 Å². The van der Waals surface area contributed by atoms with E-state index < -0.39 is 26.6 Å². The molecule has 112 valence electrons. The summed E-state index contributed by atoms with van der Waals surface area (Å²) in [5, 5.41) is 0. The van der Waals surface area contributed by atoms with E-state index in [1.807, 2.05) is 13.8 Å². The van der Waals surface area contributed by atoms with Crippen molar-refractivity contribution < 1.29 is 17.2 Å². The van der Waals surface area contributed by atoms with Gasteiger partial charge in [0.2, 0.25) is 0 Å². The van der Waals surface area contributed by atoms with Crippen LogP contribution in [0, 0.1) is 11.6 Å². The lowest BCUT2D eigenvalue weighted by molar-refractivity contribution is 0.551. The SMILES string of the molecule is CC(C)c1nccc(NS(=O)(=O)c2ccc(F)cc2F)n1. The number of sulfonamides is 1. The molecule has 0 spiro atoms. The Morgan fingerprint density at radius 1 is 1.19 bits per heavy atom. The number of benzene rings is 1. The van der Waals surface area contributed by atoms with Gasteiger partial charge in [0.15, 0.2) is 0 Å². The van der Waals surface area contributed by atoms with E-state index in [1.165, 1.54) is 12.3 Å². The number of rotatable bonds is 4. The molecule has 0 saturated carbocycles. The van der Waals surface area contributed by atoms with Crippen LogP contribution in [0.2, 0.25) is 0 Å². The van der Waals surface area contributed by atoms with Crippen LogP contribution in [0.5, 0.6) is 0 Å². The first-order valence-corrected chi connectivity index (χ1v) is 7.59. The van der Waals surface area contributed by atoms with E-state index in [4.69, 9.17) is 0 Å². The third kappa shape index (κ3) is 3.52. The van der Waals surface area contributed by atoms with Crippen molar-refractivity contribution in [3.63, 3.8) is 0 Å². The fraction of sp³-hybridized carbons (Fsp3) is 0.231. The van der Waals surface area contributed by atoms with Gasteiger partial charge in [-0.25, -0.2) is 27.2 Å². The number of aromatic nitrogens is 2. The summed E-state index contributed by atoms with van der Waals surface area (Å²) in [6.45, 7) is 3.71. The molecule has 5 nitrogen and oxygen atoms in total. The highest BCUT2D eigenvalue weighted by atomic mass is 32.2. The Kier molecular flexibility index (Phi) is 4.17. The van der Waals surface area contributed by atoms with Gasteiger partial charge in [0.25, 0.3) is 10.0 Å². The van der Waals surface area contributed by atoms with E-state index in [9.17, 15) is 17.2 Å². The molecule has 2 rings (SSSR count). The van der Waals surface area contributed by atoms with Crippen molar-refractivity contribution in [2.24, 2.45) is 0 Å². The third-order valence-electron chi connectivity index (χ3n) is 2.61. The number of halogens is 2. The van der Waals surface area contributed by atoms with E-state index in [1.54, 1.807) is 0 Å². The Bertz CT molecular complexity index is 764. The zero-order valence-electron chi connectivity index (χ0n) is 11.3. The van der Waals surface area contributed by atoms with Crippen LogP contribution in [0.15, 0.2) is 35.4 Å². The highest BCUT2D eigenvalue weighted by Crippen LogP contribution is 2.19. The third-order valence-corrected chi connectivity index (χ3v) is 4.00. The summed E-state index contributed by atoms with van der Waals surface area (Å²) >= 11 is 0. The van der Waals surface area contributed by atoms with Crippen molar-refractivity contribution >= 4 is 15.8 Å². The Balaban J connectivity index is 2.35. The molecule has 1 aromatic carbocycles. The largest absolute Gasteiger partial charge is 0.265 e. The van der Waals surface area contributed by atoms with Crippen LogP contribution < -0.4 is 4.72 Å². The second-order valence-electron chi connectivity index (χ2n) is 4.64. The molecular formula is C13H13F2N3O2S. The molecule has 0 amide bonds. The van der Waals surface area contributed by atoms with Gasteiger partial charge in [-0.05, 0) is 18.2 Å². The van der Waals surface area contributed by atoms with Gasteiger partial charge in [0.1, 0.15) is 28.2 Å². The first-order chi connectivity index (χ1) is 9.79. The maximum Gasteiger partial charge on any atom is 0.265 e. The fourth-order valence-electron chi connectivity index (χ4n) is 1.59. The molecule has 1 aromatic heterocycles. The van der Waals surface area contributed by atoms with Gasteiger partial charge in [-0.15, -0.1) is 0 Å². The molecule has 8 heteroatoms. The molecule has 0 saturated heterocycles. The van der Waals surface area contributed by atoms with E-state index in [0.717, 1.165) is 12.1 Å². The summed E-state index contributed by atoms with van der Waals surface area (Å²) in [6.07, 6.45) is 1.40. The van der Waals surface area contributed by atoms with Gasteiger partial charge in [-0.3, -0.25) is 4.72 Å². The van der Waals surface area contributed by atoms with Crippen LogP contribution in [0.1, 0.15) is 25.6 Å². The summed E-state index contributed by atoms with van der Waals surface area (Å²) in [7, 11) is -4.19. The quantitative estimate of drug-likeness (QED) is 0.942. The topological polar surface area (TPSA) is 72.0 Å². The normalized spacial score (nSPS) is 11.7. The minimum atomic E-state index is -4.19. The highest BCUT2D eigenvalue weighted by Gasteiger charge is 2.20. The molecule has 0 aliphatic heterocycles. The van der Waals surface area contributed by atoms with E-state index in [0.29, 0.717) is 11.9 Å². The minimum absolute atomic E-state index is 0.0111. The molecule has 0 aliphatic carbocycles. The number of anilines is 1. The van der Waals surface area contributed by atoms with Gasteiger partial charge in [0.05, 0.1) is 0 Å². The number of nitrogens with one attached hydrogen (secondary N) is 1. The predicted octanol–water partition coefficient (Wildman–Crippen LogP) is 2.68. The summed E-state index contributed by atoms with van der Waals surface area (Å²) in [4.78, 5) is 7.39. The van der Waals surface area contributed by atoms with E-state index in [2.05, 4.69) is 14.7 Å². The molecule has 0 radical (unpaired) electrons. The van der Waals surface area contributed by atoms with Gasteiger partial charge in [-0.2, -0.15) is 0 Å². The predicted molar refractivity (Wildman–Crippen MR) is 73.3 cm³/mol. The minimum Gasteiger partial charge on any atom is -0.263 e. The molecule has 0 aliphatic rings. The Hall–Kier alpha value is -2.09. The zero-order chi connectivity index (χ0) is 15.6. The smallest absolute Gasteiger partial charge is 0.263 e. The molecule has 0 fully saturated rings. The lowest BCUT2D eigenvalue weighted by atomic mass is 10.2. The summed E-state index contributed by atoms with van der Waals surface area (Å²) < 4.78 is 52.7. The second-order valence-corrected chi connectivity index (χ2v) is 6.29. The lowest BCUT2D eigenvalue weighted by Gasteiger charge is -2.10. The van der Waals surface area contributed by atoms with Crippen LogP contribution in [-0.2, 0) is 10.0 Å². The van der Waals surface area contributed by atoms with E-state index in [-0.39, 0.29) is 11.7 Å². The fourth-order valence-corrected chi connectivity index (χ4v) is 2.66. The molecule has 2 aromatic rings. The van der Waals surface area contributed by atoms with Crippen molar-refractivity contribution in [1.29, 1.82) is 0 Å². The lowest BCUT2D eigenvalue weighted by Crippen LogP contribution is -2.16. The number of hydrogen-bond donors (Lipinski definition) is 1. The number of hydrogen-bond acceptors (Lipinski definition) is 4. The average molecular weight is 313 g/mol. The molecule has 1 heterocycles. The summed E-state index contributed by atoms with van der Waals surface area (Å²) in [6, 6.07) is 3.59. The monoisotopic (exact) mass is 313 g/mol. The molecular weight excluding hydrogens is 300 g/mol. The summed E-state index contributed by atoms with van der Waals surface area (Å²) in [5.41, 5.74) is 0.